The summed E-state index contributed by atoms with van der Waals surface area (Å²) < 4.78 is 5.45. The lowest BCUT2D eigenvalue weighted by Gasteiger charge is -2.17. The van der Waals surface area contributed by atoms with E-state index < -0.39 is 5.92 Å². The first kappa shape index (κ1) is 17.2. The van der Waals surface area contributed by atoms with Crippen molar-refractivity contribution in [1.29, 1.82) is 0 Å². The molecule has 130 valence electrons. The van der Waals surface area contributed by atoms with Crippen molar-refractivity contribution in [3.8, 4) is 5.75 Å². The molecule has 2 aromatic carbocycles. The van der Waals surface area contributed by atoms with Crippen molar-refractivity contribution in [2.45, 2.75) is 33.1 Å². The maximum Gasteiger partial charge on any atom is 0.316 e. The average Bonchev–Trinajstić information content (AvgIpc) is 3.04. The van der Waals surface area contributed by atoms with Crippen LogP contribution in [0.3, 0.4) is 0 Å². The number of benzene rings is 2. The lowest BCUT2D eigenvalue weighted by molar-refractivity contribution is -0.139. The average molecular weight is 337 g/mol. The van der Waals surface area contributed by atoms with Gasteiger partial charge in [0.2, 0.25) is 5.91 Å². The third-order valence-electron chi connectivity index (χ3n) is 4.66. The lowest BCUT2D eigenvalue weighted by atomic mass is 10.1. The summed E-state index contributed by atoms with van der Waals surface area (Å²) in [6.45, 7) is 4.54. The molecule has 2 aromatic rings. The molecule has 0 aliphatic carbocycles. The number of rotatable bonds is 5. The number of hydrogen-bond acceptors (Lipinski definition) is 3. The molecule has 0 bridgehead atoms. The smallest absolute Gasteiger partial charge is 0.316 e. The van der Waals surface area contributed by atoms with Gasteiger partial charge < -0.3 is 9.64 Å². The van der Waals surface area contributed by atoms with E-state index in [9.17, 15) is 9.59 Å². The van der Waals surface area contributed by atoms with Crippen LogP contribution in [0.1, 0.15) is 31.4 Å². The Hall–Kier alpha value is -2.62. The first-order valence-electron chi connectivity index (χ1n) is 8.80. The Morgan fingerprint density at radius 3 is 2.12 bits per heavy atom. The molecule has 1 aliphatic rings. The highest BCUT2D eigenvalue weighted by atomic mass is 16.5. The number of ether oxygens (including phenoxy) is 1. The van der Waals surface area contributed by atoms with Gasteiger partial charge in [-0.2, -0.15) is 0 Å². The molecule has 0 saturated carbocycles. The van der Waals surface area contributed by atoms with Crippen LogP contribution in [0.5, 0.6) is 5.75 Å². The summed E-state index contributed by atoms with van der Waals surface area (Å²) in [5.41, 5.74) is 3.25. The number of carbonyl (C=O) groups excluding carboxylic acids is 2. The summed E-state index contributed by atoms with van der Waals surface area (Å²) in [7, 11) is 0. The van der Waals surface area contributed by atoms with Crippen molar-refractivity contribution in [2.75, 3.05) is 11.4 Å². The quantitative estimate of drug-likeness (QED) is 0.616. The molecule has 0 spiro atoms. The fourth-order valence-corrected chi connectivity index (χ4v) is 3.02. The van der Waals surface area contributed by atoms with Gasteiger partial charge in [-0.15, -0.1) is 0 Å². The second-order valence-corrected chi connectivity index (χ2v) is 6.34. The van der Waals surface area contributed by atoms with Gasteiger partial charge in [0.25, 0.3) is 0 Å². The van der Waals surface area contributed by atoms with E-state index >= 15 is 0 Å². The summed E-state index contributed by atoms with van der Waals surface area (Å²) in [6, 6.07) is 15.4. The van der Waals surface area contributed by atoms with Gasteiger partial charge in [-0.3, -0.25) is 9.59 Å². The van der Waals surface area contributed by atoms with Crippen LogP contribution >= 0.6 is 0 Å². The summed E-state index contributed by atoms with van der Waals surface area (Å²) in [4.78, 5) is 26.4. The molecule has 1 aliphatic heterocycles. The minimum atomic E-state index is -0.427. The van der Waals surface area contributed by atoms with Gasteiger partial charge in [0.1, 0.15) is 5.75 Å². The molecule has 3 rings (SSSR count). The van der Waals surface area contributed by atoms with Crippen LogP contribution < -0.4 is 9.64 Å². The molecule has 1 saturated heterocycles. The molecule has 1 atom stereocenters. The third-order valence-corrected chi connectivity index (χ3v) is 4.66. The van der Waals surface area contributed by atoms with Crippen LogP contribution in [0, 0.1) is 5.92 Å². The molecule has 0 unspecified atom stereocenters. The van der Waals surface area contributed by atoms with Crippen LogP contribution in [-0.4, -0.2) is 18.4 Å². The first-order chi connectivity index (χ1) is 12.1. The second kappa shape index (κ2) is 7.51. The number of nitrogens with zero attached hydrogens (tertiary/aromatic N) is 1. The Morgan fingerprint density at radius 2 is 1.56 bits per heavy atom. The Labute approximate surface area is 148 Å². The maximum atomic E-state index is 12.4. The zero-order chi connectivity index (χ0) is 17.8. The molecule has 1 heterocycles. The van der Waals surface area contributed by atoms with Crippen molar-refractivity contribution in [3.63, 3.8) is 0 Å². The Kier molecular flexibility index (Phi) is 5.17. The van der Waals surface area contributed by atoms with Crippen molar-refractivity contribution >= 4 is 17.6 Å². The minimum Gasteiger partial charge on any atom is -0.426 e. The minimum absolute atomic E-state index is 0.0347. The number of hydrogen-bond donors (Lipinski definition) is 0. The number of anilines is 1. The number of amides is 1. The molecule has 25 heavy (non-hydrogen) atoms. The summed E-state index contributed by atoms with van der Waals surface area (Å²) in [5, 5.41) is 0. The molecule has 1 fully saturated rings. The SMILES string of the molecule is CCc1ccc(OC(=O)[C@H]2CC(=O)N(c3ccc(CC)cc3)C2)cc1. The molecular weight excluding hydrogens is 314 g/mol. The van der Waals surface area contributed by atoms with Gasteiger partial charge in [0.15, 0.2) is 0 Å². The van der Waals surface area contributed by atoms with E-state index in [1.54, 1.807) is 17.0 Å². The van der Waals surface area contributed by atoms with Gasteiger partial charge in [0.05, 0.1) is 5.92 Å². The molecule has 0 N–H and O–H groups in total. The largest absolute Gasteiger partial charge is 0.426 e. The number of esters is 1. The van der Waals surface area contributed by atoms with Gasteiger partial charge in [0, 0.05) is 18.7 Å². The van der Waals surface area contributed by atoms with Crippen LogP contribution in [0.25, 0.3) is 0 Å². The van der Waals surface area contributed by atoms with E-state index in [-0.39, 0.29) is 18.3 Å². The zero-order valence-electron chi connectivity index (χ0n) is 14.7. The highest BCUT2D eigenvalue weighted by Crippen LogP contribution is 2.27. The molecule has 4 heteroatoms. The summed E-state index contributed by atoms with van der Waals surface area (Å²) >= 11 is 0. The number of carbonyl (C=O) groups is 2. The lowest BCUT2D eigenvalue weighted by Crippen LogP contribution is -2.27. The summed E-state index contributed by atoms with van der Waals surface area (Å²) in [6.07, 6.45) is 2.10. The van der Waals surface area contributed by atoms with Crippen LogP contribution in [0.15, 0.2) is 48.5 Å². The first-order valence-corrected chi connectivity index (χ1v) is 8.80. The predicted molar refractivity (Wildman–Crippen MR) is 97.7 cm³/mol. The van der Waals surface area contributed by atoms with Crippen LogP contribution in [-0.2, 0) is 22.4 Å². The van der Waals surface area contributed by atoms with Crippen LogP contribution in [0.4, 0.5) is 5.69 Å². The fraction of sp³-hybridized carbons (Fsp3) is 0.333. The third kappa shape index (κ3) is 3.90. The van der Waals surface area contributed by atoms with Crippen LogP contribution in [0.2, 0.25) is 0 Å². The number of aryl methyl sites for hydroxylation is 2. The maximum absolute atomic E-state index is 12.4. The molecule has 4 nitrogen and oxygen atoms in total. The zero-order valence-corrected chi connectivity index (χ0v) is 14.7. The van der Waals surface area contributed by atoms with Crippen molar-refractivity contribution in [1.82, 2.24) is 0 Å². The Morgan fingerprint density at radius 1 is 1.00 bits per heavy atom. The summed E-state index contributed by atoms with van der Waals surface area (Å²) in [5.74, 6) is -0.276. The van der Waals surface area contributed by atoms with Gasteiger partial charge in [-0.1, -0.05) is 38.1 Å². The Balaban J connectivity index is 1.65. The van der Waals surface area contributed by atoms with E-state index in [1.165, 1.54) is 11.1 Å². The molecule has 0 aromatic heterocycles. The van der Waals surface area contributed by atoms with E-state index in [0.29, 0.717) is 12.3 Å². The van der Waals surface area contributed by atoms with Gasteiger partial charge >= 0.3 is 5.97 Å². The normalized spacial score (nSPS) is 17.0. The molecule has 0 radical (unpaired) electrons. The molecular formula is C21H23NO3. The van der Waals surface area contributed by atoms with Crippen molar-refractivity contribution in [2.24, 2.45) is 5.92 Å². The molecule has 1 amide bonds. The van der Waals surface area contributed by atoms with E-state index in [2.05, 4.69) is 13.8 Å². The van der Waals surface area contributed by atoms with E-state index in [4.69, 9.17) is 4.74 Å². The highest BCUT2D eigenvalue weighted by molar-refractivity contribution is 5.99. The monoisotopic (exact) mass is 337 g/mol. The topological polar surface area (TPSA) is 46.6 Å². The van der Waals surface area contributed by atoms with Gasteiger partial charge in [-0.05, 0) is 48.2 Å². The standard InChI is InChI=1S/C21H23NO3/c1-3-15-5-9-18(10-6-15)22-14-17(13-20(22)23)21(24)25-19-11-7-16(4-2)8-12-19/h5-12,17H,3-4,13-14H2,1-2H3/t17-/m0/s1. The second-order valence-electron chi connectivity index (χ2n) is 6.34. The Bertz CT molecular complexity index is 750. The van der Waals surface area contributed by atoms with E-state index in [1.807, 2.05) is 36.4 Å². The highest BCUT2D eigenvalue weighted by Gasteiger charge is 2.36. The van der Waals surface area contributed by atoms with Crippen molar-refractivity contribution < 1.29 is 14.3 Å². The fourth-order valence-electron chi connectivity index (χ4n) is 3.02. The predicted octanol–water partition coefficient (Wildman–Crippen LogP) is 3.77. The van der Waals surface area contributed by atoms with E-state index in [0.717, 1.165) is 18.5 Å². The van der Waals surface area contributed by atoms with Crippen molar-refractivity contribution in [3.05, 3.63) is 59.7 Å². The van der Waals surface area contributed by atoms with Gasteiger partial charge in [-0.25, -0.2) is 0 Å².